The summed E-state index contributed by atoms with van der Waals surface area (Å²) in [6.45, 7) is 1.66. The first-order chi connectivity index (χ1) is 13.5. The Morgan fingerprint density at radius 3 is 2.64 bits per heavy atom. The lowest BCUT2D eigenvalue weighted by atomic mass is 9.79. The number of hydrogen-bond acceptors (Lipinski definition) is 5. The second-order valence-electron chi connectivity index (χ2n) is 7.31. The molecule has 0 saturated carbocycles. The molecule has 28 heavy (non-hydrogen) atoms. The SMILES string of the molecule is COc1ccc(NC(=O)[C@H]2C[C@H](C(C)O)N[C@]23C(=O)Nc2ccccc23)cc1. The first kappa shape index (κ1) is 18.5. The van der Waals surface area contributed by atoms with E-state index in [1.54, 1.807) is 38.3 Å². The predicted octanol–water partition coefficient (Wildman–Crippen LogP) is 1.84. The van der Waals surface area contributed by atoms with Crippen molar-refractivity contribution in [2.24, 2.45) is 5.92 Å². The number of hydrogen-bond donors (Lipinski definition) is 4. The standard InChI is InChI=1S/C21H23N3O4/c1-12(25)18-11-16(19(26)22-13-7-9-14(28-2)10-8-13)21(24-18)15-5-3-4-6-17(15)23-20(21)27/h3-10,12,16,18,24-25H,11H2,1-2H3,(H,22,26)(H,23,27)/t12?,16-,18-,21+/m1/s1. The van der Waals surface area contributed by atoms with Gasteiger partial charge in [-0.1, -0.05) is 18.2 Å². The highest BCUT2D eigenvalue weighted by molar-refractivity contribution is 6.10. The van der Waals surface area contributed by atoms with Gasteiger partial charge in [-0.25, -0.2) is 0 Å². The van der Waals surface area contributed by atoms with Crippen molar-refractivity contribution in [3.63, 3.8) is 0 Å². The van der Waals surface area contributed by atoms with E-state index in [-0.39, 0.29) is 17.9 Å². The maximum atomic E-state index is 13.2. The Hall–Kier alpha value is -2.90. The number of amides is 2. The molecule has 1 saturated heterocycles. The van der Waals surface area contributed by atoms with Crippen molar-refractivity contribution >= 4 is 23.2 Å². The monoisotopic (exact) mass is 381 g/mol. The van der Waals surface area contributed by atoms with Gasteiger partial charge in [0, 0.05) is 23.0 Å². The fraction of sp³-hybridized carbons (Fsp3) is 0.333. The number of carbonyl (C=O) groups excluding carboxylic acids is 2. The number of aliphatic hydroxyl groups is 1. The number of methoxy groups -OCH3 is 1. The van der Waals surface area contributed by atoms with E-state index < -0.39 is 17.6 Å². The second kappa shape index (κ2) is 6.92. The summed E-state index contributed by atoms with van der Waals surface area (Å²) < 4.78 is 5.14. The molecule has 1 fully saturated rings. The van der Waals surface area contributed by atoms with Gasteiger partial charge in [0.15, 0.2) is 0 Å². The maximum Gasteiger partial charge on any atom is 0.250 e. The molecule has 0 aliphatic carbocycles. The van der Waals surface area contributed by atoms with Crippen LogP contribution in [0.4, 0.5) is 11.4 Å². The minimum Gasteiger partial charge on any atom is -0.497 e. The van der Waals surface area contributed by atoms with Crippen molar-refractivity contribution in [2.75, 3.05) is 17.7 Å². The number of rotatable bonds is 4. The van der Waals surface area contributed by atoms with E-state index in [9.17, 15) is 14.7 Å². The third kappa shape index (κ3) is 2.83. The zero-order valence-electron chi connectivity index (χ0n) is 15.7. The summed E-state index contributed by atoms with van der Waals surface area (Å²) in [6, 6.07) is 14.0. The molecule has 0 aromatic heterocycles. The molecule has 4 rings (SSSR count). The van der Waals surface area contributed by atoms with Gasteiger partial charge in [0.25, 0.3) is 0 Å². The summed E-state index contributed by atoms with van der Waals surface area (Å²) in [5.74, 6) is -0.521. The van der Waals surface area contributed by atoms with Crippen molar-refractivity contribution in [3.8, 4) is 5.75 Å². The highest BCUT2D eigenvalue weighted by atomic mass is 16.5. The van der Waals surface area contributed by atoms with Crippen LogP contribution in [0, 0.1) is 5.92 Å². The number of benzene rings is 2. The van der Waals surface area contributed by atoms with E-state index in [0.29, 0.717) is 23.5 Å². The van der Waals surface area contributed by atoms with Crippen molar-refractivity contribution in [1.29, 1.82) is 0 Å². The first-order valence-electron chi connectivity index (χ1n) is 9.27. The Morgan fingerprint density at radius 2 is 1.96 bits per heavy atom. The summed E-state index contributed by atoms with van der Waals surface area (Å²) in [4.78, 5) is 26.2. The number of para-hydroxylation sites is 1. The number of ether oxygens (including phenoxy) is 1. The van der Waals surface area contributed by atoms with Crippen molar-refractivity contribution < 1.29 is 19.4 Å². The third-order valence-electron chi connectivity index (χ3n) is 5.64. The summed E-state index contributed by atoms with van der Waals surface area (Å²) in [6.07, 6.45) is -0.349. The molecular weight excluding hydrogens is 358 g/mol. The Bertz CT molecular complexity index is 912. The smallest absolute Gasteiger partial charge is 0.250 e. The molecule has 0 radical (unpaired) electrons. The van der Waals surface area contributed by atoms with Crippen LogP contribution in [0.3, 0.4) is 0 Å². The Labute approximate surface area is 163 Å². The number of nitrogens with one attached hydrogen (secondary N) is 3. The number of anilines is 2. The van der Waals surface area contributed by atoms with E-state index in [1.807, 2.05) is 24.3 Å². The van der Waals surface area contributed by atoms with E-state index in [4.69, 9.17) is 4.74 Å². The maximum absolute atomic E-state index is 13.2. The highest BCUT2D eigenvalue weighted by Crippen LogP contribution is 2.47. The van der Waals surface area contributed by atoms with Gasteiger partial charge in [-0.3, -0.25) is 14.9 Å². The van der Waals surface area contributed by atoms with Gasteiger partial charge in [0.2, 0.25) is 11.8 Å². The zero-order chi connectivity index (χ0) is 19.9. The van der Waals surface area contributed by atoms with E-state index in [2.05, 4.69) is 16.0 Å². The average Bonchev–Trinajstić information content (AvgIpc) is 3.23. The highest BCUT2D eigenvalue weighted by Gasteiger charge is 2.60. The molecule has 4 N–H and O–H groups in total. The normalized spacial score (nSPS) is 26.6. The van der Waals surface area contributed by atoms with Crippen LogP contribution in [0.5, 0.6) is 5.75 Å². The van der Waals surface area contributed by atoms with E-state index >= 15 is 0 Å². The van der Waals surface area contributed by atoms with Crippen LogP contribution in [-0.2, 0) is 15.1 Å². The second-order valence-corrected chi connectivity index (χ2v) is 7.31. The van der Waals surface area contributed by atoms with Crippen LogP contribution in [0.25, 0.3) is 0 Å². The molecule has 1 spiro atoms. The lowest BCUT2D eigenvalue weighted by Gasteiger charge is -2.29. The van der Waals surface area contributed by atoms with Gasteiger partial charge in [0.05, 0.1) is 19.1 Å². The van der Waals surface area contributed by atoms with Gasteiger partial charge < -0.3 is 20.5 Å². The van der Waals surface area contributed by atoms with E-state index in [1.165, 1.54) is 0 Å². The molecule has 2 aromatic carbocycles. The van der Waals surface area contributed by atoms with Crippen LogP contribution >= 0.6 is 0 Å². The van der Waals surface area contributed by atoms with Gasteiger partial charge in [-0.05, 0) is 43.7 Å². The summed E-state index contributed by atoms with van der Waals surface area (Å²) >= 11 is 0. The third-order valence-corrected chi connectivity index (χ3v) is 5.64. The van der Waals surface area contributed by atoms with Crippen molar-refractivity contribution in [1.82, 2.24) is 5.32 Å². The lowest BCUT2D eigenvalue weighted by molar-refractivity contribution is -0.130. The summed E-state index contributed by atoms with van der Waals surface area (Å²) in [5.41, 5.74) is 0.842. The quantitative estimate of drug-likeness (QED) is 0.648. The molecule has 146 valence electrons. The van der Waals surface area contributed by atoms with Crippen molar-refractivity contribution in [2.45, 2.75) is 31.0 Å². The predicted molar refractivity (Wildman–Crippen MR) is 105 cm³/mol. The number of fused-ring (bicyclic) bond motifs is 2. The Morgan fingerprint density at radius 1 is 1.25 bits per heavy atom. The largest absolute Gasteiger partial charge is 0.497 e. The van der Waals surface area contributed by atoms with Crippen LogP contribution in [-0.4, -0.2) is 36.2 Å². The molecule has 7 heteroatoms. The molecule has 1 unspecified atom stereocenters. The van der Waals surface area contributed by atoms with Crippen LogP contribution < -0.4 is 20.7 Å². The fourth-order valence-corrected chi connectivity index (χ4v) is 4.18. The molecule has 2 aliphatic heterocycles. The Balaban J connectivity index is 1.69. The average molecular weight is 381 g/mol. The fourth-order valence-electron chi connectivity index (χ4n) is 4.18. The van der Waals surface area contributed by atoms with Gasteiger partial charge in [-0.15, -0.1) is 0 Å². The van der Waals surface area contributed by atoms with E-state index in [0.717, 1.165) is 5.56 Å². The van der Waals surface area contributed by atoms with Crippen LogP contribution in [0.1, 0.15) is 18.9 Å². The lowest BCUT2D eigenvalue weighted by Crippen LogP contribution is -2.53. The molecule has 2 aliphatic rings. The molecule has 2 aromatic rings. The molecule has 2 heterocycles. The number of carbonyl (C=O) groups is 2. The topological polar surface area (TPSA) is 99.7 Å². The minimum absolute atomic E-state index is 0.271. The molecular formula is C21H23N3O4. The molecule has 4 atom stereocenters. The molecule has 0 bridgehead atoms. The first-order valence-corrected chi connectivity index (χ1v) is 9.27. The Kier molecular flexibility index (Phi) is 4.56. The zero-order valence-corrected chi connectivity index (χ0v) is 15.7. The van der Waals surface area contributed by atoms with Crippen LogP contribution in [0.2, 0.25) is 0 Å². The number of aliphatic hydroxyl groups excluding tert-OH is 1. The van der Waals surface area contributed by atoms with Gasteiger partial charge in [0.1, 0.15) is 11.3 Å². The minimum atomic E-state index is -1.20. The molecule has 2 amide bonds. The van der Waals surface area contributed by atoms with Crippen LogP contribution in [0.15, 0.2) is 48.5 Å². The van der Waals surface area contributed by atoms with Crippen molar-refractivity contribution in [3.05, 3.63) is 54.1 Å². The summed E-state index contributed by atoms with van der Waals surface area (Å²) in [5, 5.41) is 19.2. The van der Waals surface area contributed by atoms with Gasteiger partial charge >= 0.3 is 0 Å². The molecule has 7 nitrogen and oxygen atoms in total. The summed E-state index contributed by atoms with van der Waals surface area (Å²) in [7, 11) is 1.58. The van der Waals surface area contributed by atoms with Gasteiger partial charge in [-0.2, -0.15) is 0 Å².